The van der Waals surface area contributed by atoms with E-state index in [1.165, 1.54) is 12.1 Å². The summed E-state index contributed by atoms with van der Waals surface area (Å²) in [5.74, 6) is -2.95. The summed E-state index contributed by atoms with van der Waals surface area (Å²) in [5.41, 5.74) is -0.907. The van der Waals surface area contributed by atoms with E-state index in [1.807, 2.05) is 0 Å². The molecule has 0 radical (unpaired) electrons. The molecule has 10 nitrogen and oxygen atoms in total. The first-order chi connectivity index (χ1) is 12.7. The minimum absolute atomic E-state index is 0.0755. The highest BCUT2D eigenvalue weighted by atomic mass is 16.4. The second kappa shape index (κ2) is 6.67. The Morgan fingerprint density at radius 1 is 0.926 bits per heavy atom. The van der Waals surface area contributed by atoms with E-state index in [-0.39, 0.29) is 45.6 Å². The number of carboxylic acid groups (broad SMARTS) is 1. The Balaban J connectivity index is 2.19. The summed E-state index contributed by atoms with van der Waals surface area (Å²) in [5, 5.41) is 48.2. The summed E-state index contributed by atoms with van der Waals surface area (Å²) in [7, 11) is 0. The Morgan fingerprint density at radius 2 is 1.56 bits per heavy atom. The molecule has 2 aromatic carbocycles. The number of rotatable bonds is 4. The highest BCUT2D eigenvalue weighted by molar-refractivity contribution is 5.76. The van der Waals surface area contributed by atoms with Crippen LogP contribution in [-0.2, 0) is 11.2 Å². The van der Waals surface area contributed by atoms with Crippen molar-refractivity contribution in [3.63, 3.8) is 0 Å². The Bertz CT molecular complexity index is 1090. The minimum atomic E-state index is -1.23. The van der Waals surface area contributed by atoms with Crippen molar-refractivity contribution in [3.8, 4) is 45.8 Å². The Labute approximate surface area is 150 Å². The number of carboxylic acids is 1. The lowest BCUT2D eigenvalue weighted by Gasteiger charge is -2.10. The zero-order valence-corrected chi connectivity index (χ0v) is 13.5. The number of nitrogens with one attached hydrogen (secondary N) is 1. The third-order valence-corrected chi connectivity index (χ3v) is 3.58. The predicted octanol–water partition coefficient (Wildman–Crippen LogP) is 0.948. The molecule has 0 spiro atoms. The molecule has 0 bridgehead atoms. The first-order valence-electron chi connectivity index (χ1n) is 7.51. The van der Waals surface area contributed by atoms with E-state index in [9.17, 15) is 30.0 Å². The third-order valence-electron chi connectivity index (χ3n) is 3.58. The van der Waals surface area contributed by atoms with Gasteiger partial charge >= 0.3 is 11.7 Å². The molecule has 0 aliphatic heterocycles. The quantitative estimate of drug-likeness (QED) is 0.364. The SMILES string of the molecule is O=C(O)Cc1cc(O)cc(-c2nc(-c3cc(O)cc(O)c3)nc(=O)[nH]2)c1O. The lowest BCUT2D eigenvalue weighted by atomic mass is 10.0. The van der Waals surface area contributed by atoms with E-state index < -0.39 is 23.8 Å². The summed E-state index contributed by atoms with van der Waals surface area (Å²) in [4.78, 5) is 32.8. The van der Waals surface area contributed by atoms with Crippen LogP contribution in [0.15, 0.2) is 35.1 Å². The van der Waals surface area contributed by atoms with Gasteiger partial charge in [0.15, 0.2) is 5.82 Å². The van der Waals surface area contributed by atoms with Gasteiger partial charge in [-0.2, -0.15) is 4.98 Å². The van der Waals surface area contributed by atoms with Crippen LogP contribution < -0.4 is 5.69 Å². The van der Waals surface area contributed by atoms with Crippen LogP contribution in [0.2, 0.25) is 0 Å². The van der Waals surface area contributed by atoms with Crippen molar-refractivity contribution in [2.24, 2.45) is 0 Å². The maximum Gasteiger partial charge on any atom is 0.348 e. The maximum absolute atomic E-state index is 11.9. The highest BCUT2D eigenvalue weighted by Gasteiger charge is 2.17. The number of carbonyl (C=O) groups is 1. The van der Waals surface area contributed by atoms with Crippen LogP contribution in [0, 0.1) is 0 Å². The number of aromatic hydroxyl groups is 4. The van der Waals surface area contributed by atoms with E-state index >= 15 is 0 Å². The number of hydrogen-bond donors (Lipinski definition) is 6. The molecule has 10 heteroatoms. The van der Waals surface area contributed by atoms with E-state index in [0.29, 0.717) is 0 Å². The van der Waals surface area contributed by atoms with Crippen molar-refractivity contribution in [2.75, 3.05) is 0 Å². The Hall–Kier alpha value is -4.08. The van der Waals surface area contributed by atoms with E-state index in [1.54, 1.807) is 0 Å². The molecule has 0 aliphatic carbocycles. The summed E-state index contributed by atoms with van der Waals surface area (Å²) in [6.45, 7) is 0. The fourth-order valence-electron chi connectivity index (χ4n) is 2.52. The van der Waals surface area contributed by atoms with E-state index in [4.69, 9.17) is 5.11 Å². The maximum atomic E-state index is 11.9. The summed E-state index contributed by atoms with van der Waals surface area (Å²) in [6.07, 6.45) is -0.560. The van der Waals surface area contributed by atoms with E-state index in [2.05, 4.69) is 15.0 Å². The van der Waals surface area contributed by atoms with Crippen molar-refractivity contribution < 1.29 is 30.3 Å². The van der Waals surface area contributed by atoms with Gasteiger partial charge in [-0.15, -0.1) is 0 Å². The largest absolute Gasteiger partial charge is 0.508 e. The third kappa shape index (κ3) is 3.79. The number of aromatic nitrogens is 3. The number of hydrogen-bond acceptors (Lipinski definition) is 8. The van der Waals surface area contributed by atoms with Crippen LogP contribution in [0.5, 0.6) is 23.0 Å². The molecule has 0 aliphatic rings. The predicted molar refractivity (Wildman–Crippen MR) is 91.5 cm³/mol. The lowest BCUT2D eigenvalue weighted by molar-refractivity contribution is -0.136. The Morgan fingerprint density at radius 3 is 2.19 bits per heavy atom. The molecule has 6 N–H and O–H groups in total. The van der Waals surface area contributed by atoms with Gasteiger partial charge < -0.3 is 25.5 Å². The van der Waals surface area contributed by atoms with Crippen LogP contribution in [0.3, 0.4) is 0 Å². The molecule has 3 rings (SSSR count). The second-order valence-corrected chi connectivity index (χ2v) is 5.64. The first-order valence-corrected chi connectivity index (χ1v) is 7.51. The first kappa shape index (κ1) is 17.7. The number of aliphatic carboxylic acids is 1. The van der Waals surface area contributed by atoms with Gasteiger partial charge in [-0.3, -0.25) is 9.78 Å². The van der Waals surface area contributed by atoms with Gasteiger partial charge in [-0.25, -0.2) is 9.78 Å². The number of benzene rings is 2. The summed E-state index contributed by atoms with van der Waals surface area (Å²) >= 11 is 0. The fourth-order valence-corrected chi connectivity index (χ4v) is 2.52. The minimum Gasteiger partial charge on any atom is -0.508 e. The van der Waals surface area contributed by atoms with Crippen molar-refractivity contribution in [2.45, 2.75) is 6.42 Å². The van der Waals surface area contributed by atoms with E-state index in [0.717, 1.165) is 18.2 Å². The fraction of sp³-hybridized carbons (Fsp3) is 0.0588. The summed E-state index contributed by atoms with van der Waals surface area (Å²) < 4.78 is 0. The molecule has 0 saturated heterocycles. The number of aromatic amines is 1. The van der Waals surface area contributed by atoms with Crippen LogP contribution in [-0.4, -0.2) is 46.5 Å². The topological polar surface area (TPSA) is 177 Å². The molecule has 1 heterocycles. The van der Waals surface area contributed by atoms with Crippen LogP contribution in [0.1, 0.15) is 5.56 Å². The van der Waals surface area contributed by atoms with Crippen LogP contribution >= 0.6 is 0 Å². The monoisotopic (exact) mass is 371 g/mol. The molecule has 3 aromatic rings. The molecule has 0 saturated carbocycles. The number of H-pyrrole nitrogens is 1. The molecule has 138 valence electrons. The Kier molecular flexibility index (Phi) is 4.38. The number of nitrogens with zero attached hydrogens (tertiary/aromatic N) is 2. The van der Waals surface area contributed by atoms with Gasteiger partial charge in [-0.1, -0.05) is 0 Å². The normalized spacial score (nSPS) is 10.7. The molecule has 0 atom stereocenters. The second-order valence-electron chi connectivity index (χ2n) is 5.64. The molecule has 27 heavy (non-hydrogen) atoms. The number of phenolic OH excluding ortho intramolecular Hbond substituents is 4. The van der Waals surface area contributed by atoms with Gasteiger partial charge in [0, 0.05) is 17.2 Å². The molecule has 1 aromatic heterocycles. The van der Waals surface area contributed by atoms with Crippen molar-refractivity contribution in [1.82, 2.24) is 15.0 Å². The highest BCUT2D eigenvalue weighted by Crippen LogP contribution is 2.35. The smallest absolute Gasteiger partial charge is 0.348 e. The average Bonchev–Trinajstić information content (AvgIpc) is 2.56. The van der Waals surface area contributed by atoms with Crippen LogP contribution in [0.25, 0.3) is 22.8 Å². The molecule has 0 amide bonds. The molecule has 0 unspecified atom stereocenters. The average molecular weight is 371 g/mol. The number of phenols is 4. The van der Waals surface area contributed by atoms with Crippen molar-refractivity contribution in [1.29, 1.82) is 0 Å². The van der Waals surface area contributed by atoms with Gasteiger partial charge in [0.25, 0.3) is 0 Å². The van der Waals surface area contributed by atoms with Crippen molar-refractivity contribution >= 4 is 5.97 Å². The zero-order chi connectivity index (χ0) is 19.7. The zero-order valence-electron chi connectivity index (χ0n) is 13.5. The van der Waals surface area contributed by atoms with Gasteiger partial charge in [0.2, 0.25) is 0 Å². The molecular formula is C17H13N3O7. The van der Waals surface area contributed by atoms with Gasteiger partial charge in [-0.05, 0) is 24.3 Å². The summed E-state index contributed by atoms with van der Waals surface area (Å²) in [6, 6.07) is 5.70. The molecular weight excluding hydrogens is 358 g/mol. The lowest BCUT2D eigenvalue weighted by Crippen LogP contribution is -2.14. The molecule has 0 fully saturated rings. The van der Waals surface area contributed by atoms with Crippen LogP contribution in [0.4, 0.5) is 0 Å². The van der Waals surface area contributed by atoms with Gasteiger partial charge in [0.05, 0.1) is 12.0 Å². The standard InChI is InChI=1S/C17H13N3O7/c21-9-2-8(3-10(22)5-9)15-18-16(20-17(27)19-15)12-6-11(23)1-7(14(12)26)4-13(24)25/h1-3,5-6,21-23,26H,4H2,(H,24,25)(H,18,19,20,27). The van der Waals surface area contributed by atoms with Gasteiger partial charge in [0.1, 0.15) is 28.8 Å². The van der Waals surface area contributed by atoms with Crippen molar-refractivity contribution in [3.05, 3.63) is 46.4 Å².